The lowest BCUT2D eigenvalue weighted by Crippen LogP contribution is -2.46. The van der Waals surface area contributed by atoms with Gasteiger partial charge in [0, 0.05) is 18.5 Å². The van der Waals surface area contributed by atoms with E-state index in [1.165, 1.54) is 28.8 Å². The molecule has 2 aromatic carbocycles. The maximum Gasteiger partial charge on any atom is 0.272 e. The van der Waals surface area contributed by atoms with Crippen LogP contribution in [0, 0.1) is 5.82 Å². The van der Waals surface area contributed by atoms with Gasteiger partial charge in [0.2, 0.25) is 5.91 Å². The largest absolute Gasteiger partial charge is 0.273 e. The van der Waals surface area contributed by atoms with Gasteiger partial charge in [-0.1, -0.05) is 49.7 Å². The molecule has 0 saturated carbocycles. The molecule has 5 heteroatoms. The first-order valence-corrected chi connectivity index (χ1v) is 9.51. The fraction of sp³-hybridized carbons (Fsp3) is 0.364. The maximum absolute atomic E-state index is 13.4. The van der Waals surface area contributed by atoms with E-state index in [9.17, 15) is 14.0 Å². The topological polar surface area (TPSA) is 49.4 Å². The number of nitrogens with zero attached hydrogens (tertiary/aromatic N) is 1. The van der Waals surface area contributed by atoms with Crippen molar-refractivity contribution in [2.45, 2.75) is 45.4 Å². The minimum absolute atomic E-state index is 0.191. The first kappa shape index (κ1) is 20.6. The molecule has 0 aromatic heterocycles. The van der Waals surface area contributed by atoms with Crippen molar-refractivity contribution in [3.63, 3.8) is 0 Å². The van der Waals surface area contributed by atoms with Crippen molar-refractivity contribution in [1.82, 2.24) is 10.4 Å². The summed E-state index contributed by atoms with van der Waals surface area (Å²) in [6, 6.07) is 15.7. The Morgan fingerprint density at radius 3 is 2.48 bits per heavy atom. The first-order valence-electron chi connectivity index (χ1n) is 9.51. The normalized spacial score (nSPS) is 10.4. The Hall–Kier alpha value is -2.69. The number of hydrogen-bond acceptors (Lipinski definition) is 2. The second-order valence-corrected chi connectivity index (χ2v) is 6.55. The van der Waals surface area contributed by atoms with Crippen molar-refractivity contribution < 1.29 is 14.0 Å². The van der Waals surface area contributed by atoms with Crippen LogP contribution in [0.4, 0.5) is 4.39 Å². The molecule has 27 heavy (non-hydrogen) atoms. The number of unbranched alkanes of at least 4 members (excludes halogenated alkanes) is 2. The molecule has 0 fully saturated rings. The highest BCUT2D eigenvalue weighted by Gasteiger charge is 2.18. The molecule has 2 rings (SSSR count). The van der Waals surface area contributed by atoms with E-state index < -0.39 is 5.82 Å². The van der Waals surface area contributed by atoms with E-state index in [0.29, 0.717) is 13.0 Å². The lowest BCUT2D eigenvalue weighted by atomic mass is 10.1. The summed E-state index contributed by atoms with van der Waals surface area (Å²) >= 11 is 0. The number of benzene rings is 2. The molecule has 0 radical (unpaired) electrons. The molecule has 0 aliphatic heterocycles. The van der Waals surface area contributed by atoms with Crippen LogP contribution in [0.1, 0.15) is 54.9 Å². The average Bonchev–Trinajstić information content (AvgIpc) is 2.68. The molecule has 0 heterocycles. The third kappa shape index (κ3) is 7.21. The van der Waals surface area contributed by atoms with E-state index >= 15 is 0 Å². The summed E-state index contributed by atoms with van der Waals surface area (Å²) in [5.41, 5.74) is 4.18. The van der Waals surface area contributed by atoms with Crippen LogP contribution in [-0.2, 0) is 11.2 Å². The van der Waals surface area contributed by atoms with E-state index in [1.54, 1.807) is 6.07 Å². The van der Waals surface area contributed by atoms with E-state index in [1.807, 2.05) is 25.1 Å². The van der Waals surface area contributed by atoms with Gasteiger partial charge in [-0.2, -0.15) is 0 Å². The van der Waals surface area contributed by atoms with E-state index in [4.69, 9.17) is 0 Å². The third-order valence-electron chi connectivity index (χ3n) is 4.27. The van der Waals surface area contributed by atoms with Gasteiger partial charge in [0.25, 0.3) is 5.91 Å². The number of carbonyl (C=O) groups is 2. The van der Waals surface area contributed by atoms with Crippen molar-refractivity contribution in [3.8, 4) is 0 Å². The standard InChI is InChI=1S/C22H27FN2O2/c1-2-3-16-25(22(27)19-13-9-14-20(23)17-19)24-21(26)15-8-7-12-18-10-5-4-6-11-18/h4-6,9-11,13-14,17H,2-3,7-8,12,15-16H2,1H3,(H,24,26). The lowest BCUT2D eigenvalue weighted by Gasteiger charge is -2.23. The maximum atomic E-state index is 13.4. The molecule has 144 valence electrons. The molecule has 2 amide bonds. The number of nitrogens with one attached hydrogen (secondary N) is 1. The minimum atomic E-state index is -0.469. The predicted octanol–water partition coefficient (Wildman–Crippen LogP) is 4.51. The van der Waals surface area contributed by atoms with Gasteiger partial charge in [0.15, 0.2) is 0 Å². The molecule has 2 aromatic rings. The lowest BCUT2D eigenvalue weighted by molar-refractivity contribution is -0.125. The molecule has 1 N–H and O–H groups in total. The van der Waals surface area contributed by atoms with E-state index in [-0.39, 0.29) is 17.4 Å². The van der Waals surface area contributed by atoms with Gasteiger partial charge < -0.3 is 0 Å². The Labute approximate surface area is 160 Å². The van der Waals surface area contributed by atoms with Gasteiger partial charge in [0.05, 0.1) is 0 Å². The van der Waals surface area contributed by atoms with E-state index in [2.05, 4.69) is 17.6 Å². The number of rotatable bonds is 9. The van der Waals surface area contributed by atoms with Crippen LogP contribution in [-0.4, -0.2) is 23.4 Å². The Kier molecular flexibility index (Phi) is 8.49. The van der Waals surface area contributed by atoms with Crippen molar-refractivity contribution in [2.75, 3.05) is 6.54 Å². The Morgan fingerprint density at radius 2 is 1.78 bits per heavy atom. The SMILES string of the molecule is CCCCN(NC(=O)CCCCc1ccccc1)C(=O)c1cccc(F)c1. The Bertz CT molecular complexity index is 734. The second-order valence-electron chi connectivity index (χ2n) is 6.55. The van der Waals surface area contributed by atoms with Crippen LogP contribution in [0.2, 0.25) is 0 Å². The van der Waals surface area contributed by atoms with Crippen LogP contribution in [0.5, 0.6) is 0 Å². The molecule has 0 aliphatic rings. The van der Waals surface area contributed by atoms with Crippen molar-refractivity contribution in [1.29, 1.82) is 0 Å². The summed E-state index contributed by atoms with van der Waals surface area (Å²) in [4.78, 5) is 24.8. The van der Waals surface area contributed by atoms with Crippen molar-refractivity contribution in [2.24, 2.45) is 0 Å². The number of hydrogen-bond donors (Lipinski definition) is 1. The fourth-order valence-corrected chi connectivity index (χ4v) is 2.77. The molecule has 0 unspecified atom stereocenters. The van der Waals surface area contributed by atoms with Crippen LogP contribution in [0.25, 0.3) is 0 Å². The van der Waals surface area contributed by atoms with Crippen LogP contribution in [0.15, 0.2) is 54.6 Å². The van der Waals surface area contributed by atoms with Crippen molar-refractivity contribution >= 4 is 11.8 Å². The van der Waals surface area contributed by atoms with E-state index in [0.717, 1.165) is 32.1 Å². The van der Waals surface area contributed by atoms with Crippen LogP contribution in [0.3, 0.4) is 0 Å². The Morgan fingerprint density at radius 1 is 1.00 bits per heavy atom. The molecule has 0 saturated heterocycles. The number of hydrazine groups is 1. The minimum Gasteiger partial charge on any atom is -0.273 e. The summed E-state index contributed by atoms with van der Waals surface area (Å²) in [6.45, 7) is 2.41. The van der Waals surface area contributed by atoms with Crippen molar-refractivity contribution in [3.05, 3.63) is 71.5 Å². The zero-order valence-corrected chi connectivity index (χ0v) is 15.8. The number of carbonyl (C=O) groups excluding carboxylic acids is 2. The summed E-state index contributed by atoms with van der Waals surface area (Å²) in [5.74, 6) is -1.05. The highest BCUT2D eigenvalue weighted by molar-refractivity contribution is 5.95. The van der Waals surface area contributed by atoms with Crippen LogP contribution >= 0.6 is 0 Å². The molecular formula is C22H27FN2O2. The smallest absolute Gasteiger partial charge is 0.272 e. The number of amides is 2. The third-order valence-corrected chi connectivity index (χ3v) is 4.27. The molecule has 4 nitrogen and oxygen atoms in total. The summed E-state index contributed by atoms with van der Waals surface area (Å²) in [7, 11) is 0. The fourth-order valence-electron chi connectivity index (χ4n) is 2.77. The summed E-state index contributed by atoms with van der Waals surface area (Å²) in [6.07, 6.45) is 4.58. The van der Waals surface area contributed by atoms with Gasteiger partial charge >= 0.3 is 0 Å². The van der Waals surface area contributed by atoms with Crippen LogP contribution < -0.4 is 5.43 Å². The van der Waals surface area contributed by atoms with Gasteiger partial charge in [-0.15, -0.1) is 0 Å². The number of aryl methyl sites for hydroxylation is 1. The second kappa shape index (κ2) is 11.1. The molecule has 0 atom stereocenters. The first-order chi connectivity index (χ1) is 13.1. The highest BCUT2D eigenvalue weighted by Crippen LogP contribution is 2.09. The van der Waals surface area contributed by atoms with Gasteiger partial charge in [0.1, 0.15) is 5.82 Å². The number of halogens is 1. The molecule has 0 bridgehead atoms. The van der Waals surface area contributed by atoms with Gasteiger partial charge in [-0.3, -0.25) is 20.0 Å². The zero-order valence-electron chi connectivity index (χ0n) is 15.8. The Balaban J connectivity index is 1.84. The predicted molar refractivity (Wildman–Crippen MR) is 104 cm³/mol. The highest BCUT2D eigenvalue weighted by atomic mass is 19.1. The summed E-state index contributed by atoms with van der Waals surface area (Å²) < 4.78 is 13.4. The van der Waals surface area contributed by atoms with Gasteiger partial charge in [-0.05, 0) is 49.4 Å². The quantitative estimate of drug-likeness (QED) is 0.521. The summed E-state index contributed by atoms with van der Waals surface area (Å²) in [5, 5.41) is 1.30. The van der Waals surface area contributed by atoms with Gasteiger partial charge in [-0.25, -0.2) is 4.39 Å². The average molecular weight is 370 g/mol. The zero-order chi connectivity index (χ0) is 19.5. The monoisotopic (exact) mass is 370 g/mol. The molecule has 0 aliphatic carbocycles. The molecular weight excluding hydrogens is 343 g/mol. The molecule has 0 spiro atoms.